The fourth-order valence-electron chi connectivity index (χ4n) is 7.55. The zero-order valence-electron chi connectivity index (χ0n) is 24.4. The van der Waals surface area contributed by atoms with Gasteiger partial charge in [0.1, 0.15) is 0 Å². The number of nitrogens with zero attached hydrogens (tertiary/aromatic N) is 2. The maximum atomic E-state index is 13.9. The predicted molar refractivity (Wildman–Crippen MR) is 170 cm³/mol. The molecule has 0 saturated heterocycles. The summed E-state index contributed by atoms with van der Waals surface area (Å²) in [6.45, 7) is 9.95. The van der Waals surface area contributed by atoms with Crippen molar-refractivity contribution in [2.45, 2.75) is 72.4 Å². The van der Waals surface area contributed by atoms with Crippen molar-refractivity contribution in [3.63, 3.8) is 0 Å². The summed E-state index contributed by atoms with van der Waals surface area (Å²) >= 11 is 3.79. The maximum absolute atomic E-state index is 13.9. The maximum Gasteiger partial charge on any atom is 0.261 e. The van der Waals surface area contributed by atoms with E-state index in [1.807, 2.05) is 64.1 Å². The molecule has 5 aromatic rings. The Morgan fingerprint density at radius 3 is 1.52 bits per heavy atom. The summed E-state index contributed by atoms with van der Waals surface area (Å²) in [5.41, 5.74) is 3.02. The first-order valence-electron chi connectivity index (χ1n) is 14.8. The number of halogens is 1. The van der Waals surface area contributed by atoms with Crippen LogP contribution in [0.4, 0.5) is 0 Å². The number of amides is 4. The Kier molecular flexibility index (Phi) is 6.00. The summed E-state index contributed by atoms with van der Waals surface area (Å²) in [5.74, 6) is -1.06. The molecule has 0 spiro atoms. The van der Waals surface area contributed by atoms with E-state index in [9.17, 15) is 19.2 Å². The van der Waals surface area contributed by atoms with Gasteiger partial charge in [0.2, 0.25) is 0 Å². The topological polar surface area (TPSA) is 74.8 Å². The van der Waals surface area contributed by atoms with Crippen molar-refractivity contribution in [2.24, 2.45) is 0 Å². The normalized spacial score (nSPS) is 16.6. The van der Waals surface area contributed by atoms with Crippen molar-refractivity contribution in [2.75, 3.05) is 0 Å². The molecule has 2 aliphatic heterocycles. The van der Waals surface area contributed by atoms with Crippen molar-refractivity contribution in [1.29, 1.82) is 0 Å². The Morgan fingerprint density at radius 2 is 1.02 bits per heavy atom. The molecule has 0 fully saturated rings. The molecule has 0 aromatic heterocycles. The van der Waals surface area contributed by atoms with Crippen LogP contribution in [0.5, 0.6) is 0 Å². The van der Waals surface area contributed by atoms with E-state index in [-0.39, 0.29) is 35.7 Å². The lowest BCUT2D eigenvalue weighted by Crippen LogP contribution is -2.46. The molecule has 4 amide bonds. The number of aryl methyl sites for hydroxylation is 1. The van der Waals surface area contributed by atoms with Crippen LogP contribution in [0.15, 0.2) is 40.9 Å². The summed E-state index contributed by atoms with van der Waals surface area (Å²) in [7, 11) is 0. The summed E-state index contributed by atoms with van der Waals surface area (Å²) in [5, 5.41) is 6.67. The number of hydrogen-bond donors (Lipinski definition) is 0. The van der Waals surface area contributed by atoms with Gasteiger partial charge in [-0.25, -0.2) is 0 Å². The molecule has 0 saturated carbocycles. The molecule has 2 aliphatic rings. The number of imide groups is 2. The van der Waals surface area contributed by atoms with E-state index in [2.05, 4.69) is 22.9 Å². The van der Waals surface area contributed by atoms with Gasteiger partial charge < -0.3 is 0 Å². The SMILES string of the molecule is CCCC(C)N1C(=O)c2ccc3c4c(Br)cc5c6c(ccc(c7c(C)cc(c2c37)C1=O)c64)C(=O)N(C(C)CCC)C5=O. The first kappa shape index (κ1) is 27.0. The molecule has 2 atom stereocenters. The van der Waals surface area contributed by atoms with Crippen molar-refractivity contribution in [3.05, 3.63) is 68.7 Å². The van der Waals surface area contributed by atoms with Gasteiger partial charge in [-0.3, -0.25) is 29.0 Å². The Bertz CT molecular complexity index is 1910. The average Bonchev–Trinajstić information content (AvgIpc) is 2.95. The Morgan fingerprint density at radius 1 is 0.595 bits per heavy atom. The molecule has 2 heterocycles. The molecule has 6 nitrogen and oxygen atoms in total. The zero-order chi connectivity index (χ0) is 29.8. The second-order valence-electron chi connectivity index (χ2n) is 12.0. The lowest BCUT2D eigenvalue weighted by Gasteiger charge is -2.34. The minimum Gasteiger partial charge on any atom is -0.272 e. The lowest BCUT2D eigenvalue weighted by atomic mass is 9.80. The van der Waals surface area contributed by atoms with Crippen molar-refractivity contribution < 1.29 is 19.2 Å². The summed E-state index contributed by atoms with van der Waals surface area (Å²) in [4.78, 5) is 58.2. The Labute approximate surface area is 252 Å². The largest absolute Gasteiger partial charge is 0.272 e. The van der Waals surface area contributed by atoms with Crippen molar-refractivity contribution in [1.82, 2.24) is 9.80 Å². The third-order valence-electron chi connectivity index (χ3n) is 9.34. The van der Waals surface area contributed by atoms with Gasteiger partial charge in [0.15, 0.2) is 0 Å². The van der Waals surface area contributed by atoms with Gasteiger partial charge >= 0.3 is 0 Å². The summed E-state index contributed by atoms with van der Waals surface area (Å²) in [6, 6.07) is 10.9. The van der Waals surface area contributed by atoms with Crippen LogP contribution in [0.25, 0.3) is 43.1 Å². The van der Waals surface area contributed by atoms with Crippen LogP contribution in [0, 0.1) is 6.92 Å². The molecule has 0 radical (unpaired) electrons. The van der Waals surface area contributed by atoms with E-state index in [4.69, 9.17) is 0 Å². The molecule has 0 N–H and O–H groups in total. The molecular formula is C35H31BrN2O4. The van der Waals surface area contributed by atoms with Gasteiger partial charge in [-0.2, -0.15) is 0 Å². The van der Waals surface area contributed by atoms with Crippen LogP contribution >= 0.6 is 15.9 Å². The standard InChI is InChI=1S/C35H31BrN2O4/c1-6-8-17(4)37-32(39)21-13-11-20-29-25(36)15-24-28-22(33(40)38(35(24)42)18(5)9-7-2)12-10-19(31(28)29)26-16(3)14-23(34(37)41)27(21)30(20)26/h10-15,17-18H,6-9H2,1-5H3. The van der Waals surface area contributed by atoms with Crippen LogP contribution in [-0.4, -0.2) is 45.5 Å². The smallest absolute Gasteiger partial charge is 0.261 e. The van der Waals surface area contributed by atoms with E-state index in [0.717, 1.165) is 68.0 Å². The van der Waals surface area contributed by atoms with Crippen LogP contribution in [0.1, 0.15) is 100 Å². The number of benzene rings is 5. The highest BCUT2D eigenvalue weighted by Crippen LogP contribution is 2.49. The summed E-state index contributed by atoms with van der Waals surface area (Å²) in [6.07, 6.45) is 3.21. The number of hydrogen-bond acceptors (Lipinski definition) is 4. The molecule has 0 aliphatic carbocycles. The minimum absolute atomic E-state index is 0.202. The van der Waals surface area contributed by atoms with E-state index in [1.165, 1.54) is 9.80 Å². The first-order valence-corrected chi connectivity index (χ1v) is 15.6. The highest BCUT2D eigenvalue weighted by Gasteiger charge is 2.39. The quantitative estimate of drug-likeness (QED) is 0.108. The molecule has 7 rings (SSSR count). The van der Waals surface area contributed by atoms with E-state index >= 15 is 0 Å². The molecule has 7 heteroatoms. The highest BCUT2D eigenvalue weighted by molar-refractivity contribution is 9.10. The van der Waals surface area contributed by atoms with Gasteiger partial charge in [-0.1, -0.05) is 54.8 Å². The second-order valence-corrected chi connectivity index (χ2v) is 12.8. The van der Waals surface area contributed by atoms with Gasteiger partial charge in [0, 0.05) is 60.4 Å². The Hall–Kier alpha value is -3.84. The molecule has 42 heavy (non-hydrogen) atoms. The van der Waals surface area contributed by atoms with E-state index in [1.54, 1.807) is 0 Å². The minimum atomic E-state index is -0.275. The zero-order valence-corrected chi connectivity index (χ0v) is 25.9. The fraction of sp³-hybridized carbons (Fsp3) is 0.314. The first-order chi connectivity index (χ1) is 20.1. The number of carbonyl (C=O) groups is 4. The Balaban J connectivity index is 1.60. The van der Waals surface area contributed by atoms with Crippen LogP contribution < -0.4 is 0 Å². The average molecular weight is 624 g/mol. The molecule has 5 aromatic carbocycles. The molecule has 212 valence electrons. The fourth-order valence-corrected chi connectivity index (χ4v) is 8.19. The third-order valence-corrected chi connectivity index (χ3v) is 9.97. The van der Waals surface area contributed by atoms with Crippen LogP contribution in [0.2, 0.25) is 0 Å². The van der Waals surface area contributed by atoms with Crippen LogP contribution in [0.3, 0.4) is 0 Å². The molecule has 0 bridgehead atoms. The van der Waals surface area contributed by atoms with Gasteiger partial charge in [-0.15, -0.1) is 0 Å². The van der Waals surface area contributed by atoms with Gasteiger partial charge in [0.05, 0.1) is 0 Å². The number of rotatable bonds is 6. The number of fused-ring (bicyclic) bond motifs is 2. The van der Waals surface area contributed by atoms with E-state index in [0.29, 0.717) is 33.0 Å². The third kappa shape index (κ3) is 3.31. The monoisotopic (exact) mass is 622 g/mol. The van der Waals surface area contributed by atoms with Crippen molar-refractivity contribution in [3.8, 4) is 0 Å². The van der Waals surface area contributed by atoms with Gasteiger partial charge in [0.25, 0.3) is 23.6 Å². The lowest BCUT2D eigenvalue weighted by molar-refractivity contribution is 0.0528. The summed E-state index contributed by atoms with van der Waals surface area (Å²) < 4.78 is 0.741. The van der Waals surface area contributed by atoms with Crippen LogP contribution in [-0.2, 0) is 0 Å². The highest BCUT2D eigenvalue weighted by atomic mass is 79.9. The second kappa shape index (κ2) is 9.33. The predicted octanol–water partition coefficient (Wildman–Crippen LogP) is 8.38. The number of carbonyl (C=O) groups excluding carboxylic acids is 4. The van der Waals surface area contributed by atoms with Gasteiger partial charge in [-0.05, 0) is 85.0 Å². The van der Waals surface area contributed by atoms with E-state index < -0.39 is 0 Å². The molecule has 2 unspecified atom stereocenters. The molecular weight excluding hydrogens is 592 g/mol. The van der Waals surface area contributed by atoms with Crippen molar-refractivity contribution >= 4 is 82.6 Å².